The zero-order valence-corrected chi connectivity index (χ0v) is 20.1. The van der Waals surface area contributed by atoms with Gasteiger partial charge in [0.25, 0.3) is 0 Å². The first kappa shape index (κ1) is 24.4. The van der Waals surface area contributed by atoms with Crippen LogP contribution in [0.15, 0.2) is 15.7 Å². The molecule has 2 rings (SSSR count). The van der Waals surface area contributed by atoms with Crippen LogP contribution in [0.1, 0.15) is 54.4 Å². The predicted octanol–water partition coefficient (Wildman–Crippen LogP) is 3.65. The molecule has 1 aliphatic heterocycles. The third kappa shape index (κ3) is 5.61. The molecule has 0 aromatic rings. The van der Waals surface area contributed by atoms with Crippen LogP contribution < -0.4 is 10.6 Å². The van der Waals surface area contributed by atoms with E-state index >= 15 is 0 Å². The summed E-state index contributed by atoms with van der Waals surface area (Å²) < 4.78 is 11.2. The molecule has 2 N–H and O–H groups in total. The van der Waals surface area contributed by atoms with Gasteiger partial charge in [0.05, 0.1) is 5.57 Å². The van der Waals surface area contributed by atoms with Gasteiger partial charge < -0.3 is 19.7 Å². The number of ether oxygens (including phenoxy) is 2. The molecule has 8 heteroatoms. The Labute approximate surface area is 185 Å². The molecule has 168 valence electrons. The molecule has 5 atom stereocenters. The summed E-state index contributed by atoms with van der Waals surface area (Å²) in [5, 5.41) is 7.16. The number of nitrogens with zero attached hydrogens (tertiary/aromatic N) is 2. The first-order valence-electron chi connectivity index (χ1n) is 10.5. The van der Waals surface area contributed by atoms with Crippen LogP contribution in [0, 0.1) is 23.7 Å². The lowest BCUT2D eigenvalue weighted by Gasteiger charge is -2.39. The Morgan fingerprint density at radius 2 is 2.10 bits per heavy atom. The number of hydrogen-bond acceptors (Lipinski definition) is 5. The maximum absolute atomic E-state index is 12.4. The number of rotatable bonds is 4. The summed E-state index contributed by atoms with van der Waals surface area (Å²) in [7, 11) is 3.63. The highest BCUT2D eigenvalue weighted by Crippen LogP contribution is 2.37. The Balaban J connectivity index is 2.30. The summed E-state index contributed by atoms with van der Waals surface area (Å²) in [4.78, 5) is 18.6. The molecule has 5 unspecified atom stereocenters. The van der Waals surface area contributed by atoms with Gasteiger partial charge in [-0.05, 0) is 46.0 Å². The van der Waals surface area contributed by atoms with Gasteiger partial charge >= 0.3 is 6.16 Å². The van der Waals surface area contributed by atoms with E-state index in [0.717, 1.165) is 18.4 Å². The van der Waals surface area contributed by atoms with Crippen molar-refractivity contribution in [2.75, 3.05) is 14.1 Å². The minimum atomic E-state index is -0.639. The van der Waals surface area contributed by atoms with Crippen LogP contribution in [-0.2, 0) is 9.47 Å². The molecule has 30 heavy (non-hydrogen) atoms. The average molecular weight is 439 g/mol. The lowest BCUT2D eigenvalue weighted by molar-refractivity contribution is -0.0412. The number of guanidine groups is 1. The van der Waals surface area contributed by atoms with Gasteiger partial charge in [-0.15, -0.1) is 5.92 Å². The van der Waals surface area contributed by atoms with Crippen LogP contribution in [0.4, 0.5) is 4.79 Å². The Bertz CT molecular complexity index is 763. The molecular weight excluding hydrogens is 404 g/mol. The van der Waals surface area contributed by atoms with Gasteiger partial charge in [0.15, 0.2) is 5.96 Å². The zero-order chi connectivity index (χ0) is 22.6. The van der Waals surface area contributed by atoms with E-state index in [4.69, 9.17) is 21.1 Å². The van der Waals surface area contributed by atoms with Crippen molar-refractivity contribution in [2.45, 2.75) is 78.3 Å². The summed E-state index contributed by atoms with van der Waals surface area (Å²) >= 11 is 6.47. The van der Waals surface area contributed by atoms with E-state index in [1.807, 2.05) is 32.7 Å². The van der Waals surface area contributed by atoms with E-state index in [-0.39, 0.29) is 24.2 Å². The van der Waals surface area contributed by atoms with Crippen molar-refractivity contribution in [3.63, 3.8) is 0 Å². The van der Waals surface area contributed by atoms with Gasteiger partial charge in [-0.3, -0.25) is 10.3 Å². The minimum absolute atomic E-state index is 0.0701. The SMILES string of the molecule is CC#CC1=C(Cl)NC(=NC)N(C)C1NC1CC(CC)C(C)C1OC(=O)OC(C)(C)C. The molecule has 0 saturated heterocycles. The topological polar surface area (TPSA) is 75.2 Å². The van der Waals surface area contributed by atoms with Gasteiger partial charge in [0.1, 0.15) is 23.0 Å². The van der Waals surface area contributed by atoms with Crippen molar-refractivity contribution in [3.8, 4) is 11.8 Å². The number of nitrogens with one attached hydrogen (secondary N) is 2. The molecule has 0 bridgehead atoms. The van der Waals surface area contributed by atoms with E-state index in [1.165, 1.54) is 0 Å². The predicted molar refractivity (Wildman–Crippen MR) is 120 cm³/mol. The van der Waals surface area contributed by atoms with Crippen LogP contribution in [-0.4, -0.2) is 55.0 Å². The van der Waals surface area contributed by atoms with Gasteiger partial charge in [0.2, 0.25) is 0 Å². The minimum Gasteiger partial charge on any atom is -0.429 e. The molecule has 0 spiro atoms. The molecule has 0 aromatic heterocycles. The lowest BCUT2D eigenvalue weighted by atomic mass is 9.95. The molecule has 1 aliphatic carbocycles. The second-order valence-electron chi connectivity index (χ2n) is 8.87. The van der Waals surface area contributed by atoms with Crippen LogP contribution in [0.5, 0.6) is 0 Å². The molecule has 1 heterocycles. The number of aliphatic imine (C=N–C) groups is 1. The maximum atomic E-state index is 12.4. The largest absolute Gasteiger partial charge is 0.509 e. The molecule has 1 fully saturated rings. The van der Waals surface area contributed by atoms with Gasteiger partial charge in [0, 0.05) is 20.1 Å². The van der Waals surface area contributed by atoms with Crippen molar-refractivity contribution < 1.29 is 14.3 Å². The monoisotopic (exact) mass is 438 g/mol. The summed E-state index contributed by atoms with van der Waals surface area (Å²) in [5.41, 5.74) is 0.131. The quantitative estimate of drug-likeness (QED) is 0.396. The van der Waals surface area contributed by atoms with Crippen LogP contribution in [0.2, 0.25) is 0 Å². The fraction of sp³-hybridized carbons (Fsp3) is 0.727. The summed E-state index contributed by atoms with van der Waals surface area (Å²) in [6.07, 6.45) is 0.646. The van der Waals surface area contributed by atoms with Gasteiger partial charge in [-0.25, -0.2) is 4.79 Å². The number of likely N-dealkylation sites (N-methyl/N-ethyl adjacent to an activating group) is 1. The normalized spacial score (nSPS) is 30.6. The van der Waals surface area contributed by atoms with E-state index in [1.54, 1.807) is 14.0 Å². The Kier molecular flexibility index (Phi) is 8.06. The van der Waals surface area contributed by atoms with E-state index in [9.17, 15) is 4.79 Å². The highest BCUT2D eigenvalue weighted by Gasteiger charge is 2.45. The van der Waals surface area contributed by atoms with Crippen LogP contribution >= 0.6 is 11.6 Å². The Morgan fingerprint density at radius 3 is 2.63 bits per heavy atom. The third-order valence-electron chi connectivity index (χ3n) is 5.66. The molecule has 2 aliphatic rings. The highest BCUT2D eigenvalue weighted by atomic mass is 35.5. The van der Waals surface area contributed by atoms with Gasteiger partial charge in [-0.1, -0.05) is 37.8 Å². The Morgan fingerprint density at radius 1 is 1.43 bits per heavy atom. The zero-order valence-electron chi connectivity index (χ0n) is 19.3. The van der Waals surface area contributed by atoms with Crippen LogP contribution in [0.3, 0.4) is 0 Å². The molecule has 0 radical (unpaired) electrons. The average Bonchev–Trinajstić information content (AvgIpc) is 2.94. The lowest BCUT2D eigenvalue weighted by Crippen LogP contribution is -2.59. The van der Waals surface area contributed by atoms with Crippen molar-refractivity contribution in [2.24, 2.45) is 16.8 Å². The van der Waals surface area contributed by atoms with Crippen molar-refractivity contribution in [3.05, 3.63) is 10.7 Å². The third-order valence-corrected chi connectivity index (χ3v) is 5.96. The molecule has 0 amide bonds. The molecule has 1 saturated carbocycles. The van der Waals surface area contributed by atoms with Gasteiger partial charge in [-0.2, -0.15) is 0 Å². The van der Waals surface area contributed by atoms with Crippen molar-refractivity contribution in [1.29, 1.82) is 0 Å². The number of hydrogen-bond donors (Lipinski definition) is 2. The summed E-state index contributed by atoms with van der Waals surface area (Å²) in [5.74, 6) is 7.30. The maximum Gasteiger partial charge on any atom is 0.509 e. The molecule has 0 aromatic carbocycles. The van der Waals surface area contributed by atoms with E-state index < -0.39 is 11.8 Å². The summed E-state index contributed by atoms with van der Waals surface area (Å²) in [6, 6.07) is -0.0701. The smallest absolute Gasteiger partial charge is 0.429 e. The standard InChI is InChI=1S/C22H35ClN4O3/c1-9-11-15-18(23)26-20(24-7)27(8)19(15)25-16-12-14(10-2)13(3)17(16)29-21(28)30-22(4,5)6/h13-14,16-17,19,25H,10,12H2,1-8H3,(H,24,26). The highest BCUT2D eigenvalue weighted by molar-refractivity contribution is 6.31. The fourth-order valence-corrected chi connectivity index (χ4v) is 4.38. The summed E-state index contributed by atoms with van der Waals surface area (Å²) in [6.45, 7) is 11.6. The number of halogens is 1. The second kappa shape index (κ2) is 9.93. The molecule has 7 nitrogen and oxygen atoms in total. The van der Waals surface area contributed by atoms with E-state index in [2.05, 4.69) is 41.3 Å². The molecular formula is C22H35ClN4O3. The second-order valence-corrected chi connectivity index (χ2v) is 9.25. The number of carbonyl (C=O) groups is 1. The first-order valence-corrected chi connectivity index (χ1v) is 10.8. The van der Waals surface area contributed by atoms with Crippen molar-refractivity contribution >= 4 is 23.7 Å². The Hall–Kier alpha value is -1.91. The van der Waals surface area contributed by atoms with Crippen molar-refractivity contribution in [1.82, 2.24) is 15.5 Å². The number of carbonyl (C=O) groups excluding carboxylic acids is 1. The van der Waals surface area contributed by atoms with E-state index in [0.29, 0.717) is 17.0 Å². The first-order chi connectivity index (χ1) is 14.0. The fourth-order valence-electron chi connectivity index (χ4n) is 4.14. The van der Waals surface area contributed by atoms with Crippen LogP contribution in [0.25, 0.3) is 0 Å².